The van der Waals surface area contributed by atoms with E-state index in [0.29, 0.717) is 0 Å². The Morgan fingerprint density at radius 3 is 1.77 bits per heavy atom. The first kappa shape index (κ1) is 7.13. The van der Waals surface area contributed by atoms with Gasteiger partial charge < -0.3 is 0 Å². The van der Waals surface area contributed by atoms with E-state index >= 15 is 0 Å². The molecule has 0 saturated carbocycles. The molecule has 0 radical (unpaired) electrons. The molecule has 0 fully saturated rings. The summed E-state index contributed by atoms with van der Waals surface area (Å²) in [7, 11) is 0. The van der Waals surface area contributed by atoms with Gasteiger partial charge in [0.25, 0.3) is 0 Å². The zero-order chi connectivity index (χ0) is 36.3. The highest BCUT2D eigenvalue weighted by molar-refractivity contribution is 6.08. The standard InChI is InChI=1S/C27H18N4/c1-2-8-19(9-3-1)20-14-16-21(17-15-20)26-28-18-29-27(30-26)31-24-12-6-4-10-22(24)23-11-5-7-13-25(23)31/h1-18H/i1D,2D,3D,4D,5D,6D,7D,8D,9D,10D,11D,12D,13D,14D,15D,16D,17D,18D. The Morgan fingerprint density at radius 1 is 0.548 bits per heavy atom. The van der Waals surface area contributed by atoms with Gasteiger partial charge in [0.05, 0.1) is 34.3 Å². The highest BCUT2D eigenvalue weighted by Gasteiger charge is 2.14. The van der Waals surface area contributed by atoms with Gasteiger partial charge in [-0.25, -0.2) is 9.97 Å². The van der Waals surface area contributed by atoms with Crippen molar-refractivity contribution < 1.29 is 24.7 Å². The van der Waals surface area contributed by atoms with Gasteiger partial charge >= 0.3 is 0 Å². The summed E-state index contributed by atoms with van der Waals surface area (Å²) in [6.45, 7) is 0. The van der Waals surface area contributed by atoms with Gasteiger partial charge in [0, 0.05) is 16.3 Å². The molecule has 4 nitrogen and oxygen atoms in total. The first-order valence-electron chi connectivity index (χ1n) is 17.8. The van der Waals surface area contributed by atoms with Crippen LogP contribution in [0, 0.1) is 0 Å². The largest absolute Gasteiger partial charge is 0.278 e. The Kier molecular flexibility index (Phi) is 1.65. The quantitative estimate of drug-likeness (QED) is 0.340. The van der Waals surface area contributed by atoms with E-state index in [1.807, 2.05) is 0 Å². The van der Waals surface area contributed by atoms with Gasteiger partial charge in [0.2, 0.25) is 5.95 Å². The Labute approximate surface area is 204 Å². The minimum absolute atomic E-state index is 0.297. The van der Waals surface area contributed by atoms with Gasteiger partial charge in [-0.3, -0.25) is 4.57 Å². The summed E-state index contributed by atoms with van der Waals surface area (Å²) in [5.41, 5.74) is -2.54. The summed E-state index contributed by atoms with van der Waals surface area (Å²) in [6.07, 6.45) is -0.830. The van der Waals surface area contributed by atoms with Crippen LogP contribution in [0.3, 0.4) is 0 Å². The van der Waals surface area contributed by atoms with Gasteiger partial charge in [-0.1, -0.05) is 90.6 Å². The van der Waals surface area contributed by atoms with Crippen molar-refractivity contribution in [2.24, 2.45) is 0 Å². The molecular formula is C27H18N4. The lowest BCUT2D eigenvalue weighted by molar-refractivity contribution is 0.947. The minimum atomic E-state index is -0.830. The van der Waals surface area contributed by atoms with Gasteiger partial charge in [-0.15, -0.1) is 0 Å². The van der Waals surface area contributed by atoms with Crippen molar-refractivity contribution in [1.82, 2.24) is 19.5 Å². The number of benzene rings is 4. The summed E-state index contributed by atoms with van der Waals surface area (Å²) >= 11 is 0. The molecule has 0 amide bonds. The van der Waals surface area contributed by atoms with Crippen LogP contribution in [0.15, 0.2) is 109 Å². The summed E-state index contributed by atoms with van der Waals surface area (Å²) in [6, 6.07) is -12.6. The summed E-state index contributed by atoms with van der Waals surface area (Å²) < 4.78 is 152. The first-order valence-corrected chi connectivity index (χ1v) is 8.76. The molecule has 0 saturated heterocycles. The second-order valence-corrected chi connectivity index (χ2v) is 6.09. The van der Waals surface area contributed by atoms with Gasteiger partial charge in [-0.2, -0.15) is 4.98 Å². The Hall–Kier alpha value is -4.31. The maximum Gasteiger partial charge on any atom is 0.238 e. The van der Waals surface area contributed by atoms with E-state index in [1.165, 1.54) is 0 Å². The van der Waals surface area contributed by atoms with E-state index < -0.39 is 137 Å². The van der Waals surface area contributed by atoms with Crippen molar-refractivity contribution in [3.8, 4) is 28.5 Å². The van der Waals surface area contributed by atoms with Gasteiger partial charge in [-0.05, 0) is 23.2 Å². The van der Waals surface area contributed by atoms with E-state index in [-0.39, 0.29) is 21.8 Å². The Bertz CT molecular complexity index is 2360. The van der Waals surface area contributed by atoms with Crippen LogP contribution in [0.5, 0.6) is 0 Å². The minimum Gasteiger partial charge on any atom is -0.278 e. The molecular weight excluding hydrogens is 380 g/mol. The summed E-state index contributed by atoms with van der Waals surface area (Å²) in [4.78, 5) is 12.0. The van der Waals surface area contributed by atoms with Gasteiger partial charge in [0.15, 0.2) is 5.82 Å². The molecule has 2 heterocycles. The normalized spacial score (nSPS) is 19.4. The lowest BCUT2D eigenvalue weighted by atomic mass is 10.0. The third kappa shape index (κ3) is 2.97. The molecule has 0 bridgehead atoms. The molecule has 0 N–H and O–H groups in total. The summed E-state index contributed by atoms with van der Waals surface area (Å²) in [5, 5.41) is -0.595. The Balaban J connectivity index is 1.73. The van der Waals surface area contributed by atoms with Crippen molar-refractivity contribution in [3.63, 3.8) is 0 Å². The third-order valence-corrected chi connectivity index (χ3v) is 4.34. The highest BCUT2D eigenvalue weighted by atomic mass is 15.2. The second kappa shape index (κ2) is 7.18. The van der Waals surface area contributed by atoms with Crippen LogP contribution in [0.2, 0.25) is 0 Å². The fraction of sp³-hybridized carbons (Fsp3) is 0. The fourth-order valence-corrected chi connectivity index (χ4v) is 3.02. The number of hydrogen-bond acceptors (Lipinski definition) is 3. The average molecular weight is 417 g/mol. The monoisotopic (exact) mass is 416 g/mol. The lowest BCUT2D eigenvalue weighted by Gasteiger charge is -2.08. The average Bonchev–Trinajstić information content (AvgIpc) is 3.43. The molecule has 6 aromatic rings. The van der Waals surface area contributed by atoms with Gasteiger partial charge in [0.1, 0.15) is 7.67 Å². The molecule has 0 aliphatic rings. The number of para-hydroxylation sites is 2. The first-order chi connectivity index (χ1) is 22.8. The van der Waals surface area contributed by atoms with Crippen molar-refractivity contribution in [2.75, 3.05) is 0 Å². The molecule has 0 unspecified atom stereocenters. The molecule has 0 aliphatic heterocycles. The molecule has 146 valence electrons. The zero-order valence-corrected chi connectivity index (χ0v) is 15.3. The fourth-order valence-electron chi connectivity index (χ4n) is 3.02. The van der Waals surface area contributed by atoms with E-state index in [2.05, 4.69) is 15.0 Å². The molecule has 0 aliphatic carbocycles. The number of hydrogen-bond donors (Lipinski definition) is 0. The van der Waals surface area contributed by atoms with Crippen molar-refractivity contribution in [1.29, 1.82) is 0 Å². The zero-order valence-electron chi connectivity index (χ0n) is 33.3. The van der Waals surface area contributed by atoms with Crippen LogP contribution in [-0.2, 0) is 0 Å². The van der Waals surface area contributed by atoms with Crippen molar-refractivity contribution >= 4 is 21.8 Å². The number of nitrogens with zero attached hydrogens (tertiary/aromatic N) is 4. The topological polar surface area (TPSA) is 43.6 Å². The van der Waals surface area contributed by atoms with Crippen LogP contribution in [0.25, 0.3) is 50.3 Å². The predicted molar refractivity (Wildman–Crippen MR) is 125 cm³/mol. The lowest BCUT2D eigenvalue weighted by Crippen LogP contribution is -2.03. The van der Waals surface area contributed by atoms with Crippen LogP contribution in [0.1, 0.15) is 24.7 Å². The number of fused-ring (bicyclic) bond motifs is 3. The molecule has 0 atom stereocenters. The SMILES string of the molecule is [2H]c1nc(-c2c([2H])c([2H])c(-c3c([2H])c([2H])c([2H])c([2H])c3[2H])c([2H])c2[2H])nc(-n2c3c([2H])c([2H])c([2H])c([2H])c3c3c([2H])c([2H])c([2H])c([2H])c32)n1. The smallest absolute Gasteiger partial charge is 0.238 e. The molecule has 4 aromatic carbocycles. The number of aromatic nitrogens is 4. The van der Waals surface area contributed by atoms with E-state index in [1.54, 1.807) is 0 Å². The van der Waals surface area contributed by atoms with Crippen molar-refractivity contribution in [2.45, 2.75) is 0 Å². The Morgan fingerprint density at radius 2 is 1.10 bits per heavy atom. The van der Waals surface area contributed by atoms with E-state index in [9.17, 15) is 0 Å². The van der Waals surface area contributed by atoms with E-state index in [0.717, 1.165) is 4.57 Å². The van der Waals surface area contributed by atoms with Crippen LogP contribution >= 0.6 is 0 Å². The maximum absolute atomic E-state index is 8.74. The third-order valence-electron chi connectivity index (χ3n) is 4.34. The maximum atomic E-state index is 8.74. The predicted octanol–water partition coefficient (Wildman–Crippen LogP) is 6.30. The second-order valence-electron chi connectivity index (χ2n) is 6.09. The molecule has 0 spiro atoms. The van der Waals surface area contributed by atoms with Crippen LogP contribution in [0.4, 0.5) is 0 Å². The van der Waals surface area contributed by atoms with Crippen molar-refractivity contribution in [3.05, 3.63) is 109 Å². The highest BCUT2D eigenvalue weighted by Crippen LogP contribution is 2.31. The van der Waals surface area contributed by atoms with E-state index in [4.69, 9.17) is 24.7 Å². The molecule has 31 heavy (non-hydrogen) atoms. The molecule has 6 rings (SSSR count). The molecule has 4 heteroatoms. The van der Waals surface area contributed by atoms with Crippen LogP contribution in [-0.4, -0.2) is 19.5 Å². The molecule has 2 aromatic heterocycles. The summed E-state index contributed by atoms with van der Waals surface area (Å²) in [5.74, 6) is -1.26. The number of rotatable bonds is 3. The van der Waals surface area contributed by atoms with Crippen LogP contribution < -0.4 is 0 Å².